The highest BCUT2D eigenvalue weighted by Crippen LogP contribution is 2.23. The molecule has 1 rings (SSSR count). The molecule has 0 bridgehead atoms. The van der Waals surface area contributed by atoms with Crippen molar-refractivity contribution in [3.05, 3.63) is 28.3 Å². The van der Waals surface area contributed by atoms with Crippen LogP contribution in [0.4, 0.5) is 5.69 Å². The maximum absolute atomic E-state index is 5.95. The van der Waals surface area contributed by atoms with Crippen LogP contribution in [0.25, 0.3) is 0 Å². The van der Waals surface area contributed by atoms with Crippen LogP contribution in [-0.4, -0.2) is 0 Å². The van der Waals surface area contributed by atoms with Crippen LogP contribution in [-0.2, 0) is 6.42 Å². The SMILES string of the molecule is CCc1c(C)cc(N)cc1Cl. The van der Waals surface area contributed by atoms with Gasteiger partial charge in [0.05, 0.1) is 0 Å². The first-order valence-electron chi connectivity index (χ1n) is 3.69. The summed E-state index contributed by atoms with van der Waals surface area (Å²) < 4.78 is 0. The van der Waals surface area contributed by atoms with E-state index in [2.05, 4.69) is 6.92 Å². The Balaban J connectivity index is 3.25. The molecule has 1 aromatic rings. The number of halogens is 1. The summed E-state index contributed by atoms with van der Waals surface area (Å²) in [5.41, 5.74) is 8.71. The highest BCUT2D eigenvalue weighted by atomic mass is 35.5. The van der Waals surface area contributed by atoms with Gasteiger partial charge in [-0.25, -0.2) is 0 Å². The van der Waals surface area contributed by atoms with Crippen LogP contribution in [0.1, 0.15) is 18.1 Å². The van der Waals surface area contributed by atoms with Gasteiger partial charge in [-0.2, -0.15) is 0 Å². The molecule has 60 valence electrons. The van der Waals surface area contributed by atoms with Gasteiger partial charge < -0.3 is 5.73 Å². The summed E-state index contributed by atoms with van der Waals surface area (Å²) in [5.74, 6) is 0. The van der Waals surface area contributed by atoms with Crippen molar-refractivity contribution in [1.29, 1.82) is 0 Å². The van der Waals surface area contributed by atoms with Crippen molar-refractivity contribution in [3.63, 3.8) is 0 Å². The zero-order valence-electron chi connectivity index (χ0n) is 6.82. The quantitative estimate of drug-likeness (QED) is 0.643. The Morgan fingerprint density at radius 2 is 2.09 bits per heavy atom. The first kappa shape index (κ1) is 8.41. The van der Waals surface area contributed by atoms with Gasteiger partial charge in [0.15, 0.2) is 0 Å². The number of anilines is 1. The summed E-state index contributed by atoms with van der Waals surface area (Å²) in [7, 11) is 0. The molecule has 2 N–H and O–H groups in total. The van der Waals surface area contributed by atoms with Crippen LogP contribution in [0, 0.1) is 6.92 Å². The van der Waals surface area contributed by atoms with Crippen molar-refractivity contribution in [2.45, 2.75) is 20.3 Å². The Morgan fingerprint density at radius 1 is 1.45 bits per heavy atom. The second-order valence-electron chi connectivity index (χ2n) is 2.65. The Hall–Kier alpha value is -0.690. The minimum atomic E-state index is 0.740. The Morgan fingerprint density at radius 3 is 2.55 bits per heavy atom. The standard InChI is InChI=1S/C9H12ClN/c1-3-8-6(2)4-7(11)5-9(8)10/h4-5H,3,11H2,1-2H3. The molecule has 2 heteroatoms. The third-order valence-electron chi connectivity index (χ3n) is 1.79. The van der Waals surface area contributed by atoms with E-state index in [0.717, 1.165) is 17.1 Å². The molecule has 0 amide bonds. The van der Waals surface area contributed by atoms with Crippen molar-refractivity contribution in [2.24, 2.45) is 0 Å². The third kappa shape index (κ3) is 1.66. The average Bonchev–Trinajstić information content (AvgIpc) is 1.85. The summed E-state index contributed by atoms with van der Waals surface area (Å²) in [6.07, 6.45) is 0.963. The van der Waals surface area contributed by atoms with E-state index in [4.69, 9.17) is 17.3 Å². The van der Waals surface area contributed by atoms with Crippen molar-refractivity contribution < 1.29 is 0 Å². The molecule has 11 heavy (non-hydrogen) atoms. The zero-order chi connectivity index (χ0) is 8.43. The number of hydrogen-bond donors (Lipinski definition) is 1. The lowest BCUT2D eigenvalue weighted by Gasteiger charge is -2.06. The Kier molecular flexibility index (Phi) is 2.40. The van der Waals surface area contributed by atoms with Crippen LogP contribution in [0.15, 0.2) is 12.1 Å². The summed E-state index contributed by atoms with van der Waals surface area (Å²) in [6, 6.07) is 3.75. The second kappa shape index (κ2) is 3.14. The van der Waals surface area contributed by atoms with Gasteiger partial charge in [-0.3, -0.25) is 0 Å². The molecule has 0 aliphatic rings. The molecule has 0 radical (unpaired) electrons. The molecule has 0 aromatic heterocycles. The summed E-state index contributed by atoms with van der Waals surface area (Å²) in [6.45, 7) is 4.12. The monoisotopic (exact) mass is 169 g/mol. The predicted molar refractivity (Wildman–Crippen MR) is 50.0 cm³/mol. The van der Waals surface area contributed by atoms with E-state index in [1.165, 1.54) is 11.1 Å². The fourth-order valence-electron chi connectivity index (χ4n) is 1.25. The molecule has 0 heterocycles. The highest BCUT2D eigenvalue weighted by molar-refractivity contribution is 6.31. The maximum Gasteiger partial charge on any atom is 0.0460 e. The minimum Gasteiger partial charge on any atom is -0.399 e. The lowest BCUT2D eigenvalue weighted by atomic mass is 10.1. The van der Waals surface area contributed by atoms with Gasteiger partial charge in [0.1, 0.15) is 0 Å². The number of rotatable bonds is 1. The van der Waals surface area contributed by atoms with Crippen LogP contribution >= 0.6 is 11.6 Å². The largest absolute Gasteiger partial charge is 0.399 e. The van der Waals surface area contributed by atoms with E-state index < -0.39 is 0 Å². The van der Waals surface area contributed by atoms with Crippen LogP contribution in [0.3, 0.4) is 0 Å². The molecular formula is C9H12ClN. The lowest BCUT2D eigenvalue weighted by molar-refractivity contribution is 1.11. The number of nitrogen functional groups attached to an aromatic ring is 1. The van der Waals surface area contributed by atoms with E-state index in [1.807, 2.05) is 13.0 Å². The fourth-order valence-corrected chi connectivity index (χ4v) is 1.66. The second-order valence-corrected chi connectivity index (χ2v) is 3.06. The zero-order valence-corrected chi connectivity index (χ0v) is 7.57. The van der Waals surface area contributed by atoms with Gasteiger partial charge in [0.25, 0.3) is 0 Å². The van der Waals surface area contributed by atoms with Gasteiger partial charge in [0, 0.05) is 10.7 Å². The Bertz CT molecular complexity index is 245. The highest BCUT2D eigenvalue weighted by Gasteiger charge is 2.01. The molecule has 0 fully saturated rings. The molecule has 0 aliphatic carbocycles. The maximum atomic E-state index is 5.95. The number of nitrogens with two attached hydrogens (primary N) is 1. The van der Waals surface area contributed by atoms with Crippen molar-refractivity contribution in [3.8, 4) is 0 Å². The number of aryl methyl sites for hydroxylation is 1. The van der Waals surface area contributed by atoms with Gasteiger partial charge in [-0.05, 0) is 36.6 Å². The molecule has 1 nitrogen and oxygen atoms in total. The summed E-state index contributed by atoms with van der Waals surface area (Å²) >= 11 is 5.95. The third-order valence-corrected chi connectivity index (χ3v) is 2.13. The van der Waals surface area contributed by atoms with E-state index in [-0.39, 0.29) is 0 Å². The van der Waals surface area contributed by atoms with Gasteiger partial charge >= 0.3 is 0 Å². The van der Waals surface area contributed by atoms with E-state index in [1.54, 1.807) is 6.07 Å². The molecule has 0 unspecified atom stereocenters. The predicted octanol–water partition coefficient (Wildman–Crippen LogP) is 2.79. The fraction of sp³-hybridized carbons (Fsp3) is 0.333. The number of hydrogen-bond acceptors (Lipinski definition) is 1. The van der Waals surface area contributed by atoms with E-state index in [9.17, 15) is 0 Å². The van der Waals surface area contributed by atoms with E-state index in [0.29, 0.717) is 0 Å². The summed E-state index contributed by atoms with van der Waals surface area (Å²) in [5, 5.41) is 0.782. The Labute approximate surface area is 72.2 Å². The van der Waals surface area contributed by atoms with E-state index >= 15 is 0 Å². The summed E-state index contributed by atoms with van der Waals surface area (Å²) in [4.78, 5) is 0. The normalized spacial score (nSPS) is 10.1. The first-order chi connectivity index (χ1) is 5.15. The molecular weight excluding hydrogens is 158 g/mol. The smallest absolute Gasteiger partial charge is 0.0460 e. The van der Waals surface area contributed by atoms with Crippen molar-refractivity contribution in [1.82, 2.24) is 0 Å². The van der Waals surface area contributed by atoms with Gasteiger partial charge in [-0.1, -0.05) is 18.5 Å². The molecule has 0 saturated carbocycles. The number of benzene rings is 1. The molecule has 0 saturated heterocycles. The molecule has 0 aliphatic heterocycles. The topological polar surface area (TPSA) is 26.0 Å². The molecule has 1 aromatic carbocycles. The van der Waals surface area contributed by atoms with Gasteiger partial charge in [0.2, 0.25) is 0 Å². The molecule has 0 atom stereocenters. The average molecular weight is 170 g/mol. The molecule has 0 spiro atoms. The van der Waals surface area contributed by atoms with Gasteiger partial charge in [-0.15, -0.1) is 0 Å². The first-order valence-corrected chi connectivity index (χ1v) is 4.07. The van der Waals surface area contributed by atoms with Crippen molar-refractivity contribution >= 4 is 17.3 Å². The van der Waals surface area contributed by atoms with Crippen LogP contribution < -0.4 is 5.73 Å². The lowest BCUT2D eigenvalue weighted by Crippen LogP contribution is -1.92. The van der Waals surface area contributed by atoms with Crippen LogP contribution in [0.2, 0.25) is 5.02 Å². The van der Waals surface area contributed by atoms with Crippen LogP contribution in [0.5, 0.6) is 0 Å². The van der Waals surface area contributed by atoms with Crippen molar-refractivity contribution in [2.75, 3.05) is 5.73 Å². The minimum absolute atomic E-state index is 0.740.